The number of aryl methyl sites for hydroxylation is 1. The number of ether oxygens (including phenoxy) is 1. The second kappa shape index (κ2) is 9.33. The minimum atomic E-state index is 0.00477. The van der Waals surface area contributed by atoms with Gasteiger partial charge < -0.3 is 14.4 Å². The second-order valence-electron chi connectivity index (χ2n) is 6.82. The van der Waals surface area contributed by atoms with Gasteiger partial charge in [0.25, 0.3) is 0 Å². The van der Waals surface area contributed by atoms with Gasteiger partial charge in [0.2, 0.25) is 0 Å². The normalized spacial score (nSPS) is 14.0. The van der Waals surface area contributed by atoms with E-state index in [-0.39, 0.29) is 11.8 Å². The molecule has 3 rings (SSSR count). The van der Waals surface area contributed by atoms with E-state index in [2.05, 4.69) is 0 Å². The quantitative estimate of drug-likeness (QED) is 0.784. The molecule has 0 aliphatic carbocycles. The summed E-state index contributed by atoms with van der Waals surface area (Å²) < 4.78 is 5.37. The third-order valence-corrected chi connectivity index (χ3v) is 4.71. The molecule has 5 nitrogen and oxygen atoms in total. The predicted octanol–water partition coefficient (Wildman–Crippen LogP) is 3.67. The highest BCUT2D eigenvalue weighted by molar-refractivity contribution is 5.92. The average molecular weight is 366 g/mol. The Bertz CT molecular complexity index is 753. The lowest BCUT2D eigenvalue weighted by molar-refractivity contribution is -0.116. The summed E-state index contributed by atoms with van der Waals surface area (Å²) in [6.45, 7) is 4.52. The van der Waals surface area contributed by atoms with E-state index in [1.807, 2.05) is 64.4 Å². The van der Waals surface area contributed by atoms with Gasteiger partial charge in [0, 0.05) is 25.2 Å². The number of benzene rings is 2. The Kier molecular flexibility index (Phi) is 6.60. The van der Waals surface area contributed by atoms with Crippen molar-refractivity contribution in [3.05, 3.63) is 65.7 Å². The maximum Gasteiger partial charge on any atom is 0.324 e. The fraction of sp³-hybridized carbons (Fsp3) is 0.364. The van der Waals surface area contributed by atoms with Crippen molar-refractivity contribution in [1.82, 2.24) is 4.90 Å². The molecule has 5 heteroatoms. The lowest BCUT2D eigenvalue weighted by Crippen LogP contribution is -2.48. The molecule has 0 spiro atoms. The number of morpholine rings is 1. The van der Waals surface area contributed by atoms with Gasteiger partial charge >= 0.3 is 6.03 Å². The minimum Gasteiger partial charge on any atom is -0.378 e. The summed E-state index contributed by atoms with van der Waals surface area (Å²) in [4.78, 5) is 27.9. The van der Waals surface area contributed by atoms with Crippen molar-refractivity contribution in [2.75, 3.05) is 31.2 Å². The largest absolute Gasteiger partial charge is 0.378 e. The second-order valence-corrected chi connectivity index (χ2v) is 6.82. The first-order chi connectivity index (χ1) is 13.1. The molecule has 0 bridgehead atoms. The maximum absolute atomic E-state index is 13.1. The molecule has 0 saturated carbocycles. The number of ketones is 1. The number of carbonyl (C=O) groups is 2. The zero-order valence-electron chi connectivity index (χ0n) is 15.8. The zero-order chi connectivity index (χ0) is 19.1. The molecule has 0 atom stereocenters. The SMILES string of the molecule is CC(=O)CCc1ccc(CN(C(=O)N2CCOCC2)c2ccccc2)cc1. The third kappa shape index (κ3) is 5.41. The van der Waals surface area contributed by atoms with E-state index in [0.29, 0.717) is 39.3 Å². The van der Waals surface area contributed by atoms with E-state index >= 15 is 0 Å². The van der Waals surface area contributed by atoms with Gasteiger partial charge in [-0.05, 0) is 36.6 Å². The fourth-order valence-corrected chi connectivity index (χ4v) is 3.12. The topological polar surface area (TPSA) is 49.9 Å². The van der Waals surface area contributed by atoms with Crippen LogP contribution in [0, 0.1) is 0 Å². The number of hydrogen-bond donors (Lipinski definition) is 0. The van der Waals surface area contributed by atoms with E-state index in [9.17, 15) is 9.59 Å². The predicted molar refractivity (Wildman–Crippen MR) is 106 cm³/mol. The molecule has 142 valence electrons. The van der Waals surface area contributed by atoms with E-state index in [1.165, 1.54) is 0 Å². The van der Waals surface area contributed by atoms with Crippen LogP contribution in [0.5, 0.6) is 0 Å². The first kappa shape index (κ1) is 19.1. The minimum absolute atomic E-state index is 0.00477. The summed E-state index contributed by atoms with van der Waals surface area (Å²) in [6, 6.07) is 17.9. The molecule has 0 N–H and O–H groups in total. The highest BCUT2D eigenvalue weighted by atomic mass is 16.5. The highest BCUT2D eigenvalue weighted by Gasteiger charge is 2.24. The molecule has 2 aromatic carbocycles. The van der Waals surface area contributed by atoms with Crippen molar-refractivity contribution < 1.29 is 14.3 Å². The monoisotopic (exact) mass is 366 g/mol. The standard InChI is InChI=1S/C22H26N2O3/c1-18(25)7-8-19-9-11-20(12-10-19)17-24(21-5-3-2-4-6-21)22(26)23-13-15-27-16-14-23/h2-6,9-12H,7-8,13-17H2,1H3. The van der Waals surface area contributed by atoms with Crippen LogP contribution in [0.15, 0.2) is 54.6 Å². The summed E-state index contributed by atoms with van der Waals surface area (Å²) in [7, 11) is 0. The number of rotatable bonds is 6. The summed E-state index contributed by atoms with van der Waals surface area (Å²) in [6.07, 6.45) is 1.32. The number of anilines is 1. The maximum atomic E-state index is 13.1. The van der Waals surface area contributed by atoms with Crippen LogP contribution in [-0.4, -0.2) is 43.0 Å². The zero-order valence-corrected chi connectivity index (χ0v) is 15.8. The molecule has 1 heterocycles. The van der Waals surface area contributed by atoms with Crippen LogP contribution >= 0.6 is 0 Å². The average Bonchev–Trinajstić information content (AvgIpc) is 2.72. The van der Waals surface area contributed by atoms with Crippen molar-refractivity contribution in [2.45, 2.75) is 26.3 Å². The smallest absolute Gasteiger partial charge is 0.324 e. The molecule has 0 radical (unpaired) electrons. The number of urea groups is 1. The van der Waals surface area contributed by atoms with Crippen molar-refractivity contribution in [3.8, 4) is 0 Å². The molecule has 0 aromatic heterocycles. The Labute approximate surface area is 160 Å². The molecule has 1 saturated heterocycles. The van der Waals surface area contributed by atoms with Crippen molar-refractivity contribution in [2.24, 2.45) is 0 Å². The molecule has 0 unspecified atom stereocenters. The lowest BCUT2D eigenvalue weighted by Gasteiger charge is -2.33. The molecule has 1 aliphatic rings. The van der Waals surface area contributed by atoms with Crippen molar-refractivity contribution >= 4 is 17.5 Å². The number of amides is 2. The molecule has 27 heavy (non-hydrogen) atoms. The number of nitrogens with zero attached hydrogens (tertiary/aromatic N) is 2. The summed E-state index contributed by atoms with van der Waals surface area (Å²) in [5.41, 5.74) is 3.08. The Morgan fingerprint density at radius 3 is 2.22 bits per heavy atom. The number of Topliss-reactive ketones (excluding diaryl/α,β-unsaturated/α-hetero) is 1. The Hall–Kier alpha value is -2.66. The molecular formula is C22H26N2O3. The molecular weight excluding hydrogens is 340 g/mol. The van der Waals surface area contributed by atoms with Crippen molar-refractivity contribution in [3.63, 3.8) is 0 Å². The van der Waals surface area contributed by atoms with Crippen molar-refractivity contribution in [1.29, 1.82) is 0 Å². The van der Waals surface area contributed by atoms with Gasteiger partial charge in [0.1, 0.15) is 5.78 Å². The third-order valence-electron chi connectivity index (χ3n) is 4.71. The van der Waals surface area contributed by atoms with Gasteiger partial charge in [-0.3, -0.25) is 4.90 Å². The first-order valence-corrected chi connectivity index (χ1v) is 9.40. The first-order valence-electron chi connectivity index (χ1n) is 9.40. The van der Waals surface area contributed by atoms with Crippen LogP contribution in [0.4, 0.5) is 10.5 Å². The fourth-order valence-electron chi connectivity index (χ4n) is 3.12. The summed E-state index contributed by atoms with van der Waals surface area (Å²) in [5.74, 6) is 0.199. The Morgan fingerprint density at radius 2 is 1.59 bits per heavy atom. The van der Waals surface area contributed by atoms with Gasteiger partial charge in [-0.15, -0.1) is 0 Å². The Balaban J connectivity index is 1.75. The van der Waals surface area contributed by atoms with Gasteiger partial charge in [-0.2, -0.15) is 0 Å². The van der Waals surface area contributed by atoms with Crippen LogP contribution in [0.3, 0.4) is 0 Å². The number of para-hydroxylation sites is 1. The van der Waals surface area contributed by atoms with Gasteiger partial charge in [-0.25, -0.2) is 4.79 Å². The van der Waals surface area contributed by atoms with Crippen LogP contribution < -0.4 is 4.90 Å². The number of carbonyl (C=O) groups excluding carboxylic acids is 2. The highest BCUT2D eigenvalue weighted by Crippen LogP contribution is 2.20. The molecule has 2 aromatic rings. The van der Waals surface area contributed by atoms with Crippen LogP contribution in [0.25, 0.3) is 0 Å². The van der Waals surface area contributed by atoms with E-state index in [1.54, 1.807) is 6.92 Å². The molecule has 1 fully saturated rings. The van der Waals surface area contributed by atoms with Crippen LogP contribution in [-0.2, 0) is 22.5 Å². The molecule has 2 amide bonds. The van der Waals surface area contributed by atoms with Crippen LogP contribution in [0.1, 0.15) is 24.5 Å². The lowest BCUT2D eigenvalue weighted by atomic mass is 10.1. The summed E-state index contributed by atoms with van der Waals surface area (Å²) >= 11 is 0. The van der Waals surface area contributed by atoms with E-state index in [0.717, 1.165) is 23.2 Å². The van der Waals surface area contributed by atoms with Gasteiger partial charge in [-0.1, -0.05) is 42.5 Å². The number of hydrogen-bond acceptors (Lipinski definition) is 3. The van der Waals surface area contributed by atoms with E-state index < -0.39 is 0 Å². The summed E-state index contributed by atoms with van der Waals surface area (Å²) in [5, 5.41) is 0. The van der Waals surface area contributed by atoms with Crippen LogP contribution in [0.2, 0.25) is 0 Å². The Morgan fingerprint density at radius 1 is 0.963 bits per heavy atom. The van der Waals surface area contributed by atoms with E-state index in [4.69, 9.17) is 4.74 Å². The van der Waals surface area contributed by atoms with Gasteiger partial charge in [0.15, 0.2) is 0 Å². The molecule has 1 aliphatic heterocycles. The van der Waals surface area contributed by atoms with Gasteiger partial charge in [0.05, 0.1) is 19.8 Å².